The summed E-state index contributed by atoms with van der Waals surface area (Å²) in [6.45, 7) is -0.577. The van der Waals surface area contributed by atoms with Crippen molar-refractivity contribution in [3.8, 4) is 11.5 Å². The number of amides is 2. The smallest absolute Gasteiger partial charge is 0.332 e. The van der Waals surface area contributed by atoms with E-state index < -0.39 is 47.5 Å². The van der Waals surface area contributed by atoms with Gasteiger partial charge < -0.3 is 15.2 Å². The van der Waals surface area contributed by atoms with Gasteiger partial charge in [-0.05, 0) is 23.8 Å². The summed E-state index contributed by atoms with van der Waals surface area (Å²) in [5.41, 5.74) is 7.42. The highest BCUT2D eigenvalue weighted by Crippen LogP contribution is 2.30. The average Bonchev–Trinajstić information content (AvgIpc) is 2.64. The van der Waals surface area contributed by atoms with Crippen molar-refractivity contribution in [2.45, 2.75) is 6.61 Å². The van der Waals surface area contributed by atoms with Crippen LogP contribution in [0.1, 0.15) is 11.1 Å². The largest absolute Gasteiger partial charge is 0.496 e. The maximum Gasteiger partial charge on any atom is 0.332 e. The molecular formula is C16H12F5N3O3. The van der Waals surface area contributed by atoms with Crippen molar-refractivity contribution >= 4 is 12.2 Å². The number of hydrazone groups is 1. The van der Waals surface area contributed by atoms with Gasteiger partial charge in [-0.2, -0.15) is 13.9 Å². The number of nitrogens with zero attached hydrogens (tertiary/aromatic N) is 1. The fourth-order valence-corrected chi connectivity index (χ4v) is 2.02. The molecule has 2 amide bonds. The highest BCUT2D eigenvalue weighted by Gasteiger charge is 2.27. The Hall–Kier alpha value is -3.37. The number of carbonyl (C=O) groups is 1. The summed E-state index contributed by atoms with van der Waals surface area (Å²) >= 11 is 0. The second kappa shape index (κ2) is 8.34. The van der Waals surface area contributed by atoms with Crippen LogP contribution in [-0.4, -0.2) is 19.4 Å². The molecule has 0 atom stereocenters. The van der Waals surface area contributed by atoms with Crippen LogP contribution in [0.15, 0.2) is 23.3 Å². The van der Waals surface area contributed by atoms with Crippen LogP contribution in [0, 0.1) is 29.1 Å². The third kappa shape index (κ3) is 4.43. The number of hydrogen-bond acceptors (Lipinski definition) is 4. The standard InChI is InChI=1S/C16H12F5N3O3/c1-26-9-3-2-7(5-23-24-16(22)25)4-8(9)6-27-15-13(20)11(18)10(17)12(19)14(15)21/h2-5H,6H2,1H3,(H3,22,24,25). The number of nitrogens with two attached hydrogens (primary N) is 1. The summed E-state index contributed by atoms with van der Waals surface area (Å²) < 4.78 is 76.6. The van der Waals surface area contributed by atoms with Crippen molar-refractivity contribution in [1.82, 2.24) is 5.43 Å². The fraction of sp³-hybridized carbons (Fsp3) is 0.125. The molecule has 6 nitrogen and oxygen atoms in total. The Balaban J connectivity index is 2.30. The van der Waals surface area contributed by atoms with Gasteiger partial charge in [0.2, 0.25) is 29.1 Å². The van der Waals surface area contributed by atoms with Gasteiger partial charge in [0.15, 0.2) is 5.75 Å². The van der Waals surface area contributed by atoms with Crippen LogP contribution in [0.3, 0.4) is 0 Å². The van der Waals surface area contributed by atoms with Gasteiger partial charge in [-0.15, -0.1) is 0 Å². The number of nitrogens with one attached hydrogen (secondary N) is 1. The Labute approximate surface area is 149 Å². The van der Waals surface area contributed by atoms with Crippen molar-refractivity contribution in [3.63, 3.8) is 0 Å². The summed E-state index contributed by atoms with van der Waals surface area (Å²) in [6.07, 6.45) is 1.20. The number of halogens is 5. The first kappa shape index (κ1) is 19.9. The Kier molecular flexibility index (Phi) is 6.16. The van der Waals surface area contributed by atoms with Gasteiger partial charge in [-0.25, -0.2) is 23.4 Å². The summed E-state index contributed by atoms with van der Waals surface area (Å²) in [5, 5.41) is 3.53. The van der Waals surface area contributed by atoms with Gasteiger partial charge in [0, 0.05) is 5.56 Å². The van der Waals surface area contributed by atoms with Gasteiger partial charge in [0.05, 0.1) is 13.3 Å². The third-order valence-electron chi connectivity index (χ3n) is 3.23. The molecule has 144 valence electrons. The number of benzene rings is 2. The SMILES string of the molecule is COc1ccc(C=NNC(N)=O)cc1COc1c(F)c(F)c(F)c(F)c1F. The molecule has 2 aromatic rings. The van der Waals surface area contributed by atoms with E-state index in [-0.39, 0.29) is 11.3 Å². The van der Waals surface area contributed by atoms with E-state index in [9.17, 15) is 26.7 Å². The number of carbonyl (C=O) groups excluding carboxylic acids is 1. The van der Waals surface area contributed by atoms with Crippen LogP contribution < -0.4 is 20.6 Å². The minimum Gasteiger partial charge on any atom is -0.496 e. The predicted octanol–water partition coefficient (Wildman–Crippen LogP) is 2.97. The van der Waals surface area contributed by atoms with Crippen LogP contribution in [-0.2, 0) is 6.61 Å². The van der Waals surface area contributed by atoms with E-state index in [0.29, 0.717) is 5.56 Å². The van der Waals surface area contributed by atoms with E-state index in [4.69, 9.17) is 15.2 Å². The molecule has 0 fully saturated rings. The molecule has 0 saturated carbocycles. The number of ether oxygens (including phenoxy) is 2. The topological polar surface area (TPSA) is 85.9 Å². The van der Waals surface area contributed by atoms with E-state index in [0.717, 1.165) is 0 Å². The lowest BCUT2D eigenvalue weighted by atomic mass is 10.1. The zero-order valence-electron chi connectivity index (χ0n) is 13.7. The Morgan fingerprint density at radius 1 is 1.11 bits per heavy atom. The molecule has 11 heteroatoms. The molecule has 0 aliphatic heterocycles. The molecule has 0 aliphatic rings. The molecule has 0 aromatic heterocycles. The first-order valence-corrected chi connectivity index (χ1v) is 7.15. The molecule has 0 saturated heterocycles. The Morgan fingerprint density at radius 2 is 1.70 bits per heavy atom. The second-order valence-corrected chi connectivity index (χ2v) is 4.99. The van der Waals surface area contributed by atoms with Crippen molar-refractivity contribution in [2.24, 2.45) is 10.8 Å². The zero-order chi connectivity index (χ0) is 20.1. The summed E-state index contributed by atoms with van der Waals surface area (Å²) in [6, 6.07) is 3.47. The molecule has 0 aliphatic carbocycles. The van der Waals surface area contributed by atoms with Crippen molar-refractivity contribution in [2.75, 3.05) is 7.11 Å². The lowest BCUT2D eigenvalue weighted by Crippen LogP contribution is -2.24. The third-order valence-corrected chi connectivity index (χ3v) is 3.23. The van der Waals surface area contributed by atoms with E-state index in [1.807, 2.05) is 5.43 Å². The predicted molar refractivity (Wildman–Crippen MR) is 83.9 cm³/mol. The average molecular weight is 389 g/mol. The van der Waals surface area contributed by atoms with Gasteiger partial charge in [0.25, 0.3) is 0 Å². The van der Waals surface area contributed by atoms with Gasteiger partial charge in [-0.1, -0.05) is 0 Å². The number of rotatable bonds is 6. The molecule has 0 unspecified atom stereocenters. The molecule has 0 radical (unpaired) electrons. The van der Waals surface area contributed by atoms with Gasteiger partial charge >= 0.3 is 6.03 Å². The van der Waals surface area contributed by atoms with E-state index in [1.54, 1.807) is 0 Å². The van der Waals surface area contributed by atoms with Crippen molar-refractivity contribution in [1.29, 1.82) is 0 Å². The molecule has 2 aromatic carbocycles. The van der Waals surface area contributed by atoms with Gasteiger partial charge in [0.1, 0.15) is 12.4 Å². The highest BCUT2D eigenvalue weighted by molar-refractivity contribution is 5.82. The van der Waals surface area contributed by atoms with Crippen LogP contribution in [0.5, 0.6) is 11.5 Å². The number of primary amides is 1. The summed E-state index contributed by atoms with van der Waals surface area (Å²) in [5.74, 6) is -11.9. The molecule has 0 bridgehead atoms. The minimum absolute atomic E-state index is 0.212. The summed E-state index contributed by atoms with van der Waals surface area (Å²) in [4.78, 5) is 10.6. The first-order chi connectivity index (χ1) is 12.8. The fourth-order valence-electron chi connectivity index (χ4n) is 2.02. The maximum atomic E-state index is 13.7. The molecular weight excluding hydrogens is 377 g/mol. The normalized spacial score (nSPS) is 10.9. The zero-order valence-corrected chi connectivity index (χ0v) is 13.7. The van der Waals surface area contributed by atoms with Crippen LogP contribution >= 0.6 is 0 Å². The summed E-state index contributed by atoms with van der Waals surface area (Å²) in [7, 11) is 1.31. The van der Waals surface area contributed by atoms with E-state index in [1.165, 1.54) is 31.5 Å². The van der Waals surface area contributed by atoms with Crippen molar-refractivity contribution in [3.05, 3.63) is 58.4 Å². The van der Waals surface area contributed by atoms with Gasteiger partial charge in [-0.3, -0.25) is 0 Å². The number of hydrogen-bond donors (Lipinski definition) is 2. The highest BCUT2D eigenvalue weighted by atomic mass is 19.2. The molecule has 2 rings (SSSR count). The number of methoxy groups -OCH3 is 1. The van der Waals surface area contributed by atoms with E-state index in [2.05, 4.69) is 5.10 Å². The quantitative estimate of drug-likeness (QED) is 0.262. The van der Waals surface area contributed by atoms with Crippen molar-refractivity contribution < 1.29 is 36.2 Å². The first-order valence-electron chi connectivity index (χ1n) is 7.15. The van der Waals surface area contributed by atoms with Crippen LogP contribution in [0.25, 0.3) is 0 Å². The van der Waals surface area contributed by atoms with Crippen LogP contribution in [0.4, 0.5) is 26.7 Å². The lowest BCUT2D eigenvalue weighted by Gasteiger charge is -2.13. The maximum absolute atomic E-state index is 13.7. The molecule has 3 N–H and O–H groups in total. The molecule has 0 spiro atoms. The second-order valence-electron chi connectivity index (χ2n) is 4.99. The Bertz CT molecular complexity index is 876. The van der Waals surface area contributed by atoms with E-state index >= 15 is 0 Å². The lowest BCUT2D eigenvalue weighted by molar-refractivity contribution is 0.249. The Morgan fingerprint density at radius 3 is 2.26 bits per heavy atom. The monoisotopic (exact) mass is 389 g/mol. The number of urea groups is 1. The minimum atomic E-state index is -2.28. The van der Waals surface area contributed by atoms with Crippen LogP contribution in [0.2, 0.25) is 0 Å². The molecule has 27 heavy (non-hydrogen) atoms. The molecule has 0 heterocycles.